The summed E-state index contributed by atoms with van der Waals surface area (Å²) in [5.41, 5.74) is 1.05. The summed E-state index contributed by atoms with van der Waals surface area (Å²) in [7, 11) is 0. The van der Waals surface area contributed by atoms with E-state index < -0.39 is 0 Å². The standard InChI is InChI=1S/C7H6Cl.BrH.Zn/c8-6-7-4-2-1-3-5-7;;/h1-6H;1H;/q-1;;. The molecular formula is C7H7BrClZn-. The molecule has 0 nitrogen and oxygen atoms in total. The molecule has 0 radical (unpaired) electrons. The van der Waals surface area contributed by atoms with Crippen LogP contribution in [0.15, 0.2) is 30.3 Å². The summed E-state index contributed by atoms with van der Waals surface area (Å²) in [4.78, 5) is 0. The normalized spacial score (nSPS) is 6.90. The van der Waals surface area contributed by atoms with E-state index in [1.807, 2.05) is 30.3 Å². The van der Waals surface area contributed by atoms with E-state index >= 15 is 0 Å². The number of hydrogen-bond donors (Lipinski definition) is 0. The van der Waals surface area contributed by atoms with Crippen molar-refractivity contribution in [2.45, 2.75) is 0 Å². The van der Waals surface area contributed by atoms with Gasteiger partial charge in [-0.05, 0) is 0 Å². The smallest absolute Gasteiger partial charge is 0 e. The molecule has 0 fully saturated rings. The molecule has 3 heteroatoms. The molecule has 0 atom stereocenters. The van der Waals surface area contributed by atoms with E-state index in [0.29, 0.717) is 0 Å². The zero-order valence-corrected chi connectivity index (χ0v) is 10.9. The van der Waals surface area contributed by atoms with Gasteiger partial charge in [-0.1, -0.05) is 11.9 Å². The van der Waals surface area contributed by atoms with E-state index in [1.165, 1.54) is 0 Å². The summed E-state index contributed by atoms with van der Waals surface area (Å²) in [6.07, 6.45) is 0. The first-order valence-corrected chi connectivity index (χ1v) is 2.85. The Kier molecular flexibility index (Phi) is 9.94. The van der Waals surface area contributed by atoms with Gasteiger partial charge in [0.2, 0.25) is 0 Å². The summed E-state index contributed by atoms with van der Waals surface area (Å²) < 4.78 is 0. The molecular weight excluding hydrogens is 265 g/mol. The van der Waals surface area contributed by atoms with Crippen LogP contribution < -0.4 is 0 Å². The molecule has 0 aliphatic carbocycles. The van der Waals surface area contributed by atoms with Crippen molar-refractivity contribution in [2.75, 3.05) is 0 Å². The van der Waals surface area contributed by atoms with Crippen LogP contribution in [-0.4, -0.2) is 0 Å². The Morgan fingerprint density at radius 3 is 1.90 bits per heavy atom. The number of halogens is 2. The second-order valence-electron chi connectivity index (χ2n) is 1.52. The SMILES string of the molecule is Br.Cl[CH-]c1ccccc1.[Zn]. The molecule has 1 aromatic rings. The molecule has 0 aliphatic rings. The van der Waals surface area contributed by atoms with Gasteiger partial charge >= 0.3 is 0 Å². The van der Waals surface area contributed by atoms with Crippen LogP contribution in [0, 0.1) is 5.88 Å². The molecule has 0 saturated carbocycles. The summed E-state index contributed by atoms with van der Waals surface area (Å²) in [6.45, 7) is 0. The fourth-order valence-corrected chi connectivity index (χ4v) is 0.671. The predicted molar refractivity (Wildman–Crippen MR) is 46.0 cm³/mol. The molecule has 0 N–H and O–H groups in total. The molecule has 0 amide bonds. The fraction of sp³-hybridized carbons (Fsp3) is 0. The van der Waals surface area contributed by atoms with Crippen LogP contribution in [0.3, 0.4) is 0 Å². The van der Waals surface area contributed by atoms with Crippen molar-refractivity contribution in [1.29, 1.82) is 0 Å². The maximum atomic E-state index is 5.40. The van der Waals surface area contributed by atoms with Gasteiger partial charge in [0, 0.05) is 19.5 Å². The van der Waals surface area contributed by atoms with Gasteiger partial charge in [0.25, 0.3) is 0 Å². The zero-order chi connectivity index (χ0) is 5.82. The Hall–Kier alpha value is 0.483. The van der Waals surface area contributed by atoms with Gasteiger partial charge in [-0.3, -0.25) is 0 Å². The van der Waals surface area contributed by atoms with Crippen LogP contribution in [0.1, 0.15) is 5.56 Å². The van der Waals surface area contributed by atoms with Crippen molar-refractivity contribution in [3.63, 3.8) is 0 Å². The second kappa shape index (κ2) is 7.59. The summed E-state index contributed by atoms with van der Waals surface area (Å²) in [5, 5.41) is 0. The third-order valence-corrected chi connectivity index (χ3v) is 1.18. The Bertz CT molecular complexity index is 155. The minimum atomic E-state index is 0. The van der Waals surface area contributed by atoms with Crippen molar-refractivity contribution in [3.8, 4) is 0 Å². The average Bonchev–Trinajstić information content (AvgIpc) is 1.90. The van der Waals surface area contributed by atoms with Crippen molar-refractivity contribution in [1.82, 2.24) is 0 Å². The molecule has 0 aromatic heterocycles. The summed E-state index contributed by atoms with van der Waals surface area (Å²) >= 11 is 5.40. The van der Waals surface area contributed by atoms with Gasteiger partial charge in [-0.25, -0.2) is 0 Å². The van der Waals surface area contributed by atoms with E-state index in [-0.39, 0.29) is 36.5 Å². The Morgan fingerprint density at radius 2 is 1.60 bits per heavy atom. The van der Waals surface area contributed by atoms with Crippen molar-refractivity contribution in [2.24, 2.45) is 0 Å². The first-order chi connectivity index (χ1) is 3.93. The Morgan fingerprint density at radius 1 is 1.10 bits per heavy atom. The van der Waals surface area contributed by atoms with Crippen LogP contribution in [0.4, 0.5) is 0 Å². The largest absolute Gasteiger partial charge is 0.177 e. The molecule has 1 aromatic carbocycles. The van der Waals surface area contributed by atoms with Crippen LogP contribution in [0.25, 0.3) is 0 Å². The molecule has 0 unspecified atom stereocenters. The van der Waals surface area contributed by atoms with Crippen LogP contribution in [0.2, 0.25) is 0 Å². The van der Waals surface area contributed by atoms with Crippen molar-refractivity contribution in [3.05, 3.63) is 41.8 Å². The minimum absolute atomic E-state index is 0. The van der Waals surface area contributed by atoms with Crippen molar-refractivity contribution >= 4 is 28.6 Å². The topological polar surface area (TPSA) is 0 Å². The fourth-order valence-electron chi connectivity index (χ4n) is 0.526. The number of benzene rings is 1. The monoisotopic (exact) mass is 269 g/mol. The number of rotatable bonds is 1. The van der Waals surface area contributed by atoms with Gasteiger partial charge in [-0.15, -0.1) is 29.1 Å². The minimum Gasteiger partial charge on any atom is -0.177 e. The second-order valence-corrected chi connectivity index (χ2v) is 1.74. The third-order valence-electron chi connectivity index (χ3n) is 0.926. The van der Waals surface area contributed by atoms with E-state index in [0.717, 1.165) is 5.56 Å². The van der Waals surface area contributed by atoms with E-state index in [4.69, 9.17) is 11.6 Å². The summed E-state index contributed by atoms with van der Waals surface area (Å²) in [6, 6.07) is 9.77. The molecule has 0 aliphatic heterocycles. The van der Waals surface area contributed by atoms with E-state index in [9.17, 15) is 0 Å². The van der Waals surface area contributed by atoms with Crippen LogP contribution in [-0.2, 0) is 19.5 Å². The van der Waals surface area contributed by atoms with Gasteiger partial charge in [0.1, 0.15) is 0 Å². The molecule has 0 heterocycles. The maximum Gasteiger partial charge on any atom is 0 e. The van der Waals surface area contributed by atoms with Gasteiger partial charge in [0.15, 0.2) is 0 Å². The van der Waals surface area contributed by atoms with Gasteiger partial charge in [0.05, 0.1) is 0 Å². The quantitative estimate of drug-likeness (QED) is 0.544. The van der Waals surface area contributed by atoms with Crippen LogP contribution in [0.5, 0.6) is 0 Å². The average molecular weight is 272 g/mol. The molecule has 0 bridgehead atoms. The van der Waals surface area contributed by atoms with Crippen molar-refractivity contribution < 1.29 is 19.5 Å². The molecule has 52 valence electrons. The van der Waals surface area contributed by atoms with Crippen LogP contribution >= 0.6 is 28.6 Å². The van der Waals surface area contributed by atoms with E-state index in [1.54, 1.807) is 5.88 Å². The van der Waals surface area contributed by atoms with E-state index in [2.05, 4.69) is 0 Å². The van der Waals surface area contributed by atoms with Gasteiger partial charge < -0.3 is 0 Å². The first-order valence-electron chi connectivity index (χ1n) is 2.42. The molecule has 0 saturated heterocycles. The molecule has 1 rings (SSSR count). The molecule has 0 spiro atoms. The zero-order valence-electron chi connectivity index (χ0n) is 5.46. The maximum absolute atomic E-state index is 5.40. The number of hydrogen-bond acceptors (Lipinski definition) is 0. The molecule has 10 heavy (non-hydrogen) atoms. The summed E-state index contributed by atoms with van der Waals surface area (Å²) in [5.74, 6) is 1.56. The predicted octanol–water partition coefficient (Wildman–Crippen LogP) is 3.01. The Labute approximate surface area is 89.5 Å². The van der Waals surface area contributed by atoms with Gasteiger partial charge in [-0.2, -0.15) is 29.3 Å². The third kappa shape index (κ3) is 4.32. The Balaban J connectivity index is 0. The first kappa shape index (κ1) is 13.1.